The number of amides is 1. The summed E-state index contributed by atoms with van der Waals surface area (Å²) in [4.78, 5) is 13.1. The number of allylic oxidation sites excluding steroid dienone is 1. The quantitative estimate of drug-likeness (QED) is 0.637. The van der Waals surface area contributed by atoms with Gasteiger partial charge in [-0.1, -0.05) is 41.4 Å². The molecule has 0 bridgehead atoms. The molecule has 1 amide bonds. The molecule has 5 nitrogen and oxygen atoms in total. The smallest absolute Gasteiger partial charge is 0.255 e. The number of para-hydroxylation sites is 2. The van der Waals surface area contributed by atoms with Crippen molar-refractivity contribution in [2.24, 2.45) is 0 Å². The minimum atomic E-state index is -0.588. The van der Waals surface area contributed by atoms with E-state index < -0.39 is 6.04 Å². The Hall–Kier alpha value is -2.28. The Morgan fingerprint density at radius 2 is 1.81 bits per heavy atom. The Balaban J connectivity index is 2.03. The molecule has 1 unspecified atom stereocenters. The molecule has 0 radical (unpaired) electrons. The van der Waals surface area contributed by atoms with Gasteiger partial charge in [0.15, 0.2) is 5.11 Å². The Kier molecular flexibility index (Phi) is 5.89. The van der Waals surface area contributed by atoms with E-state index in [1.54, 1.807) is 44.4 Å². The zero-order valence-electron chi connectivity index (χ0n) is 14.6. The van der Waals surface area contributed by atoms with Crippen molar-refractivity contribution in [3.05, 3.63) is 69.3 Å². The van der Waals surface area contributed by atoms with Crippen LogP contribution in [0.5, 0.6) is 5.75 Å². The first-order valence-corrected chi connectivity index (χ1v) is 9.25. The number of methoxy groups -OCH3 is 1. The van der Waals surface area contributed by atoms with Crippen LogP contribution in [0.15, 0.2) is 53.7 Å². The molecule has 3 N–H and O–H groups in total. The summed E-state index contributed by atoms with van der Waals surface area (Å²) in [7, 11) is 1.55. The zero-order valence-corrected chi connectivity index (χ0v) is 16.9. The van der Waals surface area contributed by atoms with Crippen molar-refractivity contribution >= 4 is 52.1 Å². The minimum Gasteiger partial charge on any atom is -0.495 e. The fourth-order valence-electron chi connectivity index (χ4n) is 2.94. The average molecular weight is 422 g/mol. The molecule has 0 saturated heterocycles. The molecule has 1 aliphatic rings. The van der Waals surface area contributed by atoms with Crippen LogP contribution in [0.25, 0.3) is 0 Å². The minimum absolute atomic E-state index is 0.319. The number of hydrogen-bond donors (Lipinski definition) is 3. The predicted octanol–water partition coefficient (Wildman–Crippen LogP) is 4.43. The molecule has 0 fully saturated rings. The van der Waals surface area contributed by atoms with Crippen LogP contribution in [0.2, 0.25) is 10.0 Å². The number of halogens is 2. The van der Waals surface area contributed by atoms with E-state index in [0.29, 0.717) is 43.4 Å². The number of carbonyl (C=O) groups is 1. The number of ether oxygens (including phenoxy) is 1. The number of hydrogen-bond acceptors (Lipinski definition) is 3. The van der Waals surface area contributed by atoms with Gasteiger partial charge < -0.3 is 20.7 Å². The molecule has 140 valence electrons. The van der Waals surface area contributed by atoms with Crippen LogP contribution in [0.4, 0.5) is 5.69 Å². The van der Waals surface area contributed by atoms with Crippen molar-refractivity contribution in [3.63, 3.8) is 0 Å². The molecule has 1 aliphatic heterocycles. The molecule has 2 aromatic rings. The molecule has 3 rings (SSSR count). The Bertz CT molecular complexity index is 926. The molecule has 0 spiro atoms. The van der Waals surface area contributed by atoms with E-state index in [2.05, 4.69) is 16.0 Å². The van der Waals surface area contributed by atoms with E-state index in [4.69, 9.17) is 40.2 Å². The molecule has 1 atom stereocenters. The van der Waals surface area contributed by atoms with Gasteiger partial charge in [0.05, 0.1) is 24.4 Å². The second-order valence-electron chi connectivity index (χ2n) is 5.86. The molecule has 8 heteroatoms. The van der Waals surface area contributed by atoms with Crippen LogP contribution >= 0.6 is 35.4 Å². The Morgan fingerprint density at radius 3 is 2.48 bits per heavy atom. The number of rotatable bonds is 4. The third-order valence-corrected chi connectivity index (χ3v) is 5.04. The summed E-state index contributed by atoms with van der Waals surface area (Å²) in [6.07, 6.45) is 0. The first-order valence-electron chi connectivity index (χ1n) is 8.09. The summed E-state index contributed by atoms with van der Waals surface area (Å²) in [6, 6.07) is 11.8. The van der Waals surface area contributed by atoms with Crippen molar-refractivity contribution in [1.29, 1.82) is 0 Å². The van der Waals surface area contributed by atoms with E-state index in [9.17, 15) is 4.79 Å². The second kappa shape index (κ2) is 8.17. The van der Waals surface area contributed by atoms with Crippen LogP contribution in [0, 0.1) is 0 Å². The van der Waals surface area contributed by atoms with Gasteiger partial charge in [-0.3, -0.25) is 4.79 Å². The SMILES string of the molecule is COc1ccccc1NC(=O)C1=C(C)NC(=S)NC1c1c(Cl)cccc1Cl. The van der Waals surface area contributed by atoms with Gasteiger partial charge >= 0.3 is 0 Å². The summed E-state index contributed by atoms with van der Waals surface area (Å²) >= 11 is 18.0. The predicted molar refractivity (Wildman–Crippen MR) is 112 cm³/mol. The van der Waals surface area contributed by atoms with Gasteiger partial charge in [0, 0.05) is 21.3 Å². The lowest BCUT2D eigenvalue weighted by atomic mass is 9.94. The number of carbonyl (C=O) groups excluding carboxylic acids is 1. The van der Waals surface area contributed by atoms with Gasteiger partial charge in [-0.2, -0.15) is 0 Å². The number of thiocarbonyl (C=S) groups is 1. The first kappa shape index (κ1) is 19.5. The monoisotopic (exact) mass is 421 g/mol. The zero-order chi connectivity index (χ0) is 19.6. The van der Waals surface area contributed by atoms with E-state index in [-0.39, 0.29) is 5.91 Å². The molecular formula is C19H17Cl2N3O2S. The van der Waals surface area contributed by atoms with E-state index in [1.807, 2.05) is 12.1 Å². The van der Waals surface area contributed by atoms with Crippen LogP contribution in [0.3, 0.4) is 0 Å². The molecule has 2 aromatic carbocycles. The standard InChI is InChI=1S/C19H17Cl2N3O2S/c1-10-15(18(25)23-13-8-3-4-9-14(13)26-2)17(24-19(27)22-10)16-11(20)6-5-7-12(16)21/h3-9,17H,1-2H3,(H,23,25)(H2,22,24,27). The maximum atomic E-state index is 13.1. The van der Waals surface area contributed by atoms with E-state index in [1.165, 1.54) is 0 Å². The van der Waals surface area contributed by atoms with E-state index in [0.717, 1.165) is 0 Å². The van der Waals surface area contributed by atoms with Gasteiger partial charge in [-0.05, 0) is 43.4 Å². The third kappa shape index (κ3) is 4.03. The van der Waals surface area contributed by atoms with Gasteiger partial charge in [0.25, 0.3) is 5.91 Å². The van der Waals surface area contributed by atoms with Crippen LogP contribution < -0.4 is 20.7 Å². The summed E-state index contributed by atoms with van der Waals surface area (Å²) in [5.74, 6) is 0.240. The molecule has 0 saturated carbocycles. The van der Waals surface area contributed by atoms with Crippen LogP contribution in [0.1, 0.15) is 18.5 Å². The van der Waals surface area contributed by atoms with Gasteiger partial charge in [0.2, 0.25) is 0 Å². The highest BCUT2D eigenvalue weighted by molar-refractivity contribution is 7.80. The van der Waals surface area contributed by atoms with Crippen molar-refractivity contribution in [2.75, 3.05) is 12.4 Å². The third-order valence-electron chi connectivity index (χ3n) is 4.16. The van der Waals surface area contributed by atoms with E-state index >= 15 is 0 Å². The van der Waals surface area contributed by atoms with Crippen LogP contribution in [-0.4, -0.2) is 18.1 Å². The second-order valence-corrected chi connectivity index (χ2v) is 7.08. The van der Waals surface area contributed by atoms with Crippen LogP contribution in [-0.2, 0) is 4.79 Å². The number of nitrogens with one attached hydrogen (secondary N) is 3. The van der Waals surface area contributed by atoms with Gasteiger partial charge in [-0.25, -0.2) is 0 Å². The molecule has 0 aliphatic carbocycles. The van der Waals surface area contributed by atoms with Crippen molar-refractivity contribution < 1.29 is 9.53 Å². The van der Waals surface area contributed by atoms with Crippen molar-refractivity contribution in [2.45, 2.75) is 13.0 Å². The summed E-state index contributed by atoms with van der Waals surface area (Å²) in [6.45, 7) is 1.78. The number of benzene rings is 2. The molecule has 0 aromatic heterocycles. The van der Waals surface area contributed by atoms with Gasteiger partial charge in [-0.15, -0.1) is 0 Å². The normalized spacial score (nSPS) is 16.4. The average Bonchev–Trinajstić information content (AvgIpc) is 2.61. The fraction of sp³-hybridized carbons (Fsp3) is 0.158. The summed E-state index contributed by atoms with van der Waals surface area (Å²) in [5, 5.41) is 10.2. The first-order chi connectivity index (χ1) is 12.9. The highest BCUT2D eigenvalue weighted by atomic mass is 35.5. The molecular weight excluding hydrogens is 405 g/mol. The maximum absolute atomic E-state index is 13.1. The molecule has 27 heavy (non-hydrogen) atoms. The number of anilines is 1. The summed E-state index contributed by atoms with van der Waals surface area (Å²) < 4.78 is 5.30. The lowest BCUT2D eigenvalue weighted by Crippen LogP contribution is -2.46. The van der Waals surface area contributed by atoms with Gasteiger partial charge in [0.1, 0.15) is 5.75 Å². The summed E-state index contributed by atoms with van der Waals surface area (Å²) in [5.41, 5.74) is 2.20. The molecule has 1 heterocycles. The fourth-order valence-corrected chi connectivity index (χ4v) is 3.82. The Labute approximate surface area is 172 Å². The van der Waals surface area contributed by atoms with Crippen molar-refractivity contribution in [1.82, 2.24) is 10.6 Å². The highest BCUT2D eigenvalue weighted by Gasteiger charge is 2.32. The Morgan fingerprint density at radius 1 is 1.15 bits per heavy atom. The lowest BCUT2D eigenvalue weighted by Gasteiger charge is -2.31. The lowest BCUT2D eigenvalue weighted by molar-refractivity contribution is -0.113. The topological polar surface area (TPSA) is 62.4 Å². The largest absolute Gasteiger partial charge is 0.495 e. The highest BCUT2D eigenvalue weighted by Crippen LogP contribution is 2.37. The maximum Gasteiger partial charge on any atom is 0.255 e. The van der Waals surface area contributed by atoms with Crippen molar-refractivity contribution in [3.8, 4) is 5.75 Å².